The molecule has 0 amide bonds. The van der Waals surface area contributed by atoms with Crippen LogP contribution < -0.4 is 0 Å². The molecule has 0 aliphatic heterocycles. The van der Waals surface area contributed by atoms with Crippen molar-refractivity contribution in [1.29, 1.82) is 0 Å². The molecular formula is C11H22O. The fraction of sp³-hybridized carbons (Fsp3) is 1.00. The van der Waals surface area contributed by atoms with E-state index in [9.17, 15) is 0 Å². The van der Waals surface area contributed by atoms with Gasteiger partial charge >= 0.3 is 0 Å². The van der Waals surface area contributed by atoms with Crippen LogP contribution in [0.3, 0.4) is 0 Å². The van der Waals surface area contributed by atoms with E-state index in [1.54, 1.807) is 0 Å². The number of methoxy groups -OCH3 is 1. The largest absolute Gasteiger partial charge is 0.385 e. The van der Waals surface area contributed by atoms with Gasteiger partial charge in [-0.05, 0) is 12.3 Å². The van der Waals surface area contributed by atoms with Gasteiger partial charge in [0.1, 0.15) is 0 Å². The van der Waals surface area contributed by atoms with E-state index in [0.717, 1.165) is 12.5 Å². The van der Waals surface area contributed by atoms with Crippen molar-refractivity contribution in [3.05, 3.63) is 0 Å². The summed E-state index contributed by atoms with van der Waals surface area (Å²) in [6, 6.07) is 0. The summed E-state index contributed by atoms with van der Waals surface area (Å²) >= 11 is 0. The Balaban J connectivity index is 2.11. The molecule has 0 spiro atoms. The Morgan fingerprint density at radius 3 is 2.17 bits per heavy atom. The average Bonchev–Trinajstić information content (AvgIpc) is 2.02. The first-order chi connectivity index (χ1) is 5.93. The van der Waals surface area contributed by atoms with E-state index >= 15 is 0 Å². The molecule has 1 aliphatic rings. The molecule has 12 heavy (non-hydrogen) atoms. The smallest absolute Gasteiger partial charge is 0.0464 e. The topological polar surface area (TPSA) is 9.23 Å². The summed E-state index contributed by atoms with van der Waals surface area (Å²) in [6.07, 6.45) is 11.5. The maximum atomic E-state index is 5.12. The summed E-state index contributed by atoms with van der Waals surface area (Å²) in [5.74, 6) is 0.963. The van der Waals surface area contributed by atoms with E-state index in [2.05, 4.69) is 0 Å². The lowest BCUT2D eigenvalue weighted by atomic mass is 9.89. The van der Waals surface area contributed by atoms with Crippen molar-refractivity contribution >= 4 is 0 Å². The van der Waals surface area contributed by atoms with E-state index in [1.165, 1.54) is 51.4 Å². The molecule has 0 heterocycles. The quantitative estimate of drug-likeness (QED) is 0.631. The normalized spacial score (nSPS) is 21.8. The van der Waals surface area contributed by atoms with Crippen molar-refractivity contribution in [2.24, 2.45) is 5.92 Å². The zero-order valence-electron chi connectivity index (χ0n) is 8.35. The third kappa shape index (κ3) is 4.10. The molecule has 0 aromatic heterocycles. The highest BCUT2D eigenvalue weighted by Crippen LogP contribution is 2.24. The van der Waals surface area contributed by atoms with Crippen molar-refractivity contribution in [2.45, 2.75) is 51.4 Å². The Morgan fingerprint density at radius 2 is 1.58 bits per heavy atom. The highest BCUT2D eigenvalue weighted by atomic mass is 16.5. The van der Waals surface area contributed by atoms with Crippen LogP contribution in [0.25, 0.3) is 0 Å². The van der Waals surface area contributed by atoms with Gasteiger partial charge < -0.3 is 4.74 Å². The van der Waals surface area contributed by atoms with Crippen LogP contribution >= 0.6 is 0 Å². The molecule has 0 bridgehead atoms. The molecule has 0 unspecified atom stereocenters. The van der Waals surface area contributed by atoms with Gasteiger partial charge in [-0.3, -0.25) is 0 Å². The lowest BCUT2D eigenvalue weighted by Crippen LogP contribution is -2.06. The number of hydrogen-bond acceptors (Lipinski definition) is 1. The minimum atomic E-state index is 0.963. The summed E-state index contributed by atoms with van der Waals surface area (Å²) < 4.78 is 5.12. The molecule has 1 fully saturated rings. The average molecular weight is 170 g/mol. The zero-order chi connectivity index (χ0) is 8.65. The molecule has 0 saturated heterocycles. The fourth-order valence-corrected chi connectivity index (χ4v) is 2.11. The molecule has 1 nitrogen and oxygen atoms in total. The number of rotatable bonds is 3. The predicted octanol–water partition coefficient (Wildman–Crippen LogP) is 3.38. The molecule has 0 atom stereocenters. The predicted molar refractivity (Wildman–Crippen MR) is 52.3 cm³/mol. The van der Waals surface area contributed by atoms with Gasteiger partial charge in [-0.1, -0.05) is 44.9 Å². The molecule has 0 N–H and O–H groups in total. The molecular weight excluding hydrogens is 148 g/mol. The first kappa shape index (κ1) is 10.0. The molecule has 1 saturated carbocycles. The standard InChI is InChI=1S/C11H22O/c1-12-10-9-11-7-5-3-2-4-6-8-11/h11H,2-10H2,1H3. The summed E-state index contributed by atoms with van der Waals surface area (Å²) in [5.41, 5.74) is 0. The highest BCUT2D eigenvalue weighted by molar-refractivity contribution is 4.63. The van der Waals surface area contributed by atoms with Crippen molar-refractivity contribution in [2.75, 3.05) is 13.7 Å². The maximum Gasteiger partial charge on any atom is 0.0464 e. The van der Waals surface area contributed by atoms with E-state index in [0.29, 0.717) is 0 Å². The Morgan fingerprint density at radius 1 is 1.00 bits per heavy atom. The molecule has 0 radical (unpaired) electrons. The second-order valence-corrected chi connectivity index (χ2v) is 3.99. The van der Waals surface area contributed by atoms with Gasteiger partial charge in [0.05, 0.1) is 0 Å². The van der Waals surface area contributed by atoms with Crippen LogP contribution in [0.2, 0.25) is 0 Å². The Kier molecular flexibility index (Phi) is 5.42. The lowest BCUT2D eigenvalue weighted by Gasteiger charge is -2.18. The summed E-state index contributed by atoms with van der Waals surface area (Å²) in [6.45, 7) is 0.963. The maximum absolute atomic E-state index is 5.12. The molecule has 72 valence electrons. The second-order valence-electron chi connectivity index (χ2n) is 3.99. The zero-order valence-corrected chi connectivity index (χ0v) is 8.35. The van der Waals surface area contributed by atoms with E-state index in [-0.39, 0.29) is 0 Å². The van der Waals surface area contributed by atoms with Crippen molar-refractivity contribution in [3.63, 3.8) is 0 Å². The molecule has 0 aromatic rings. The van der Waals surface area contributed by atoms with Gasteiger partial charge in [0.25, 0.3) is 0 Å². The van der Waals surface area contributed by atoms with E-state index in [1.807, 2.05) is 7.11 Å². The van der Waals surface area contributed by atoms with Gasteiger partial charge in [-0.2, -0.15) is 0 Å². The fourth-order valence-electron chi connectivity index (χ4n) is 2.11. The SMILES string of the molecule is COCCC1CCCCCCC1. The third-order valence-corrected chi connectivity index (χ3v) is 2.95. The number of ether oxygens (including phenoxy) is 1. The Labute approximate surface area is 76.5 Å². The first-order valence-corrected chi connectivity index (χ1v) is 5.42. The molecule has 1 aliphatic carbocycles. The van der Waals surface area contributed by atoms with Crippen molar-refractivity contribution in [1.82, 2.24) is 0 Å². The number of hydrogen-bond donors (Lipinski definition) is 0. The van der Waals surface area contributed by atoms with Gasteiger partial charge in [0.2, 0.25) is 0 Å². The van der Waals surface area contributed by atoms with Crippen molar-refractivity contribution in [3.8, 4) is 0 Å². The summed E-state index contributed by atoms with van der Waals surface area (Å²) in [7, 11) is 1.81. The molecule has 1 rings (SSSR count). The summed E-state index contributed by atoms with van der Waals surface area (Å²) in [4.78, 5) is 0. The van der Waals surface area contributed by atoms with Gasteiger partial charge in [-0.15, -0.1) is 0 Å². The van der Waals surface area contributed by atoms with E-state index < -0.39 is 0 Å². The minimum absolute atomic E-state index is 0.963. The minimum Gasteiger partial charge on any atom is -0.385 e. The first-order valence-electron chi connectivity index (χ1n) is 5.42. The lowest BCUT2D eigenvalue weighted by molar-refractivity contribution is 0.169. The Hall–Kier alpha value is -0.0400. The highest BCUT2D eigenvalue weighted by Gasteiger charge is 2.10. The van der Waals surface area contributed by atoms with Crippen LogP contribution in [-0.2, 0) is 4.74 Å². The molecule has 1 heteroatoms. The van der Waals surface area contributed by atoms with Crippen LogP contribution in [0.1, 0.15) is 51.4 Å². The van der Waals surface area contributed by atoms with Crippen molar-refractivity contribution < 1.29 is 4.74 Å². The van der Waals surface area contributed by atoms with Gasteiger partial charge in [-0.25, -0.2) is 0 Å². The monoisotopic (exact) mass is 170 g/mol. The van der Waals surface area contributed by atoms with Gasteiger partial charge in [0.15, 0.2) is 0 Å². The van der Waals surface area contributed by atoms with Crippen LogP contribution in [0.15, 0.2) is 0 Å². The van der Waals surface area contributed by atoms with Crippen LogP contribution in [0.4, 0.5) is 0 Å². The van der Waals surface area contributed by atoms with Crippen LogP contribution in [-0.4, -0.2) is 13.7 Å². The van der Waals surface area contributed by atoms with Crippen LogP contribution in [0, 0.1) is 5.92 Å². The Bertz CT molecular complexity index is 90.4. The van der Waals surface area contributed by atoms with Gasteiger partial charge in [0, 0.05) is 13.7 Å². The van der Waals surface area contributed by atoms with E-state index in [4.69, 9.17) is 4.74 Å². The summed E-state index contributed by atoms with van der Waals surface area (Å²) in [5, 5.41) is 0. The van der Waals surface area contributed by atoms with Crippen LogP contribution in [0.5, 0.6) is 0 Å². The third-order valence-electron chi connectivity index (χ3n) is 2.95. The second kappa shape index (κ2) is 6.47. The molecule has 0 aromatic carbocycles.